The molecule has 4 nitrogen and oxygen atoms in total. The number of hydrogen-bond acceptors (Lipinski definition) is 3. The maximum atomic E-state index is 12.3. The fourth-order valence-corrected chi connectivity index (χ4v) is 3.06. The molecule has 0 heterocycles. The molecule has 0 radical (unpaired) electrons. The van der Waals surface area contributed by atoms with E-state index in [2.05, 4.69) is 27.9 Å². The van der Waals surface area contributed by atoms with Gasteiger partial charge in [-0.05, 0) is 46.9 Å². The minimum atomic E-state index is -0.390. The van der Waals surface area contributed by atoms with Crippen LogP contribution in [0.4, 0.5) is 5.69 Å². The van der Waals surface area contributed by atoms with Crippen LogP contribution in [0.25, 0.3) is 0 Å². The monoisotopic (exact) mass is 412 g/mol. The molecule has 108 valence electrons. The lowest BCUT2D eigenvalue weighted by molar-refractivity contribution is -0.115. The third kappa shape index (κ3) is 4.47. The lowest BCUT2D eigenvalue weighted by Gasteiger charge is -2.11. The molecule has 2 aromatic carbocycles. The van der Waals surface area contributed by atoms with Gasteiger partial charge in [-0.1, -0.05) is 24.3 Å². The van der Waals surface area contributed by atoms with Crippen LogP contribution in [-0.2, 0) is 4.79 Å². The zero-order valence-corrected chi connectivity index (χ0v) is 14.0. The van der Waals surface area contributed by atoms with Gasteiger partial charge in [-0.25, -0.2) is 0 Å². The van der Waals surface area contributed by atoms with Crippen LogP contribution < -0.4 is 11.1 Å². The number of carbonyl (C=O) groups is 2. The van der Waals surface area contributed by atoms with Crippen LogP contribution in [0, 0.1) is 3.57 Å². The van der Waals surface area contributed by atoms with E-state index in [0.29, 0.717) is 11.3 Å². The molecule has 0 bridgehead atoms. The van der Waals surface area contributed by atoms with Crippen molar-refractivity contribution in [1.29, 1.82) is 0 Å². The van der Waals surface area contributed by atoms with E-state index in [9.17, 15) is 9.59 Å². The van der Waals surface area contributed by atoms with Crippen LogP contribution in [-0.4, -0.2) is 17.6 Å². The molecule has 2 rings (SSSR count). The predicted octanol–water partition coefficient (Wildman–Crippen LogP) is 3.12. The second kappa shape index (κ2) is 7.46. The van der Waals surface area contributed by atoms with Crippen molar-refractivity contribution < 1.29 is 9.59 Å². The zero-order chi connectivity index (χ0) is 15.2. The molecule has 0 saturated heterocycles. The Kier molecular flexibility index (Phi) is 5.63. The minimum Gasteiger partial charge on any atom is -0.369 e. The van der Waals surface area contributed by atoms with Gasteiger partial charge in [-0.3, -0.25) is 9.59 Å². The zero-order valence-electron chi connectivity index (χ0n) is 11.0. The molecule has 21 heavy (non-hydrogen) atoms. The number of anilines is 1. The first-order valence-corrected chi connectivity index (χ1v) is 8.20. The van der Waals surface area contributed by atoms with Crippen molar-refractivity contribution in [2.45, 2.75) is 4.90 Å². The third-order valence-corrected chi connectivity index (χ3v) is 4.66. The number of primary amides is 1. The molecular formula is C15H13IN2O2S. The van der Waals surface area contributed by atoms with E-state index in [4.69, 9.17) is 5.73 Å². The summed E-state index contributed by atoms with van der Waals surface area (Å²) in [5.74, 6) is -0.388. The second-order valence-electron chi connectivity index (χ2n) is 4.19. The molecule has 0 unspecified atom stereocenters. The lowest BCUT2D eigenvalue weighted by Crippen LogP contribution is -2.15. The summed E-state index contributed by atoms with van der Waals surface area (Å²) in [7, 11) is 0. The van der Waals surface area contributed by atoms with E-state index in [1.807, 2.05) is 36.4 Å². The summed E-state index contributed by atoms with van der Waals surface area (Å²) < 4.78 is 0.884. The topological polar surface area (TPSA) is 72.2 Å². The van der Waals surface area contributed by atoms with Crippen molar-refractivity contribution in [1.82, 2.24) is 0 Å². The minimum absolute atomic E-state index is 0.174. The van der Waals surface area contributed by atoms with Crippen LogP contribution in [0.5, 0.6) is 0 Å². The number of nitrogens with one attached hydrogen (secondary N) is 1. The maximum absolute atomic E-state index is 12.3. The third-order valence-electron chi connectivity index (χ3n) is 2.62. The van der Waals surface area contributed by atoms with Gasteiger partial charge in [0.05, 0.1) is 17.0 Å². The molecule has 0 atom stereocenters. The Balaban J connectivity index is 2.18. The highest BCUT2D eigenvalue weighted by molar-refractivity contribution is 14.1. The summed E-state index contributed by atoms with van der Waals surface area (Å²) in [6, 6.07) is 14.7. The van der Waals surface area contributed by atoms with Crippen LogP contribution in [0.3, 0.4) is 0 Å². The molecule has 0 aromatic heterocycles. The average molecular weight is 412 g/mol. The van der Waals surface area contributed by atoms with E-state index in [0.717, 1.165) is 8.47 Å². The summed E-state index contributed by atoms with van der Waals surface area (Å²) in [6.45, 7) is 0. The maximum Gasteiger partial charge on any atom is 0.256 e. The first-order chi connectivity index (χ1) is 10.1. The average Bonchev–Trinajstić information content (AvgIpc) is 2.46. The van der Waals surface area contributed by atoms with E-state index in [1.54, 1.807) is 12.1 Å². The van der Waals surface area contributed by atoms with Crippen LogP contribution in [0.2, 0.25) is 0 Å². The van der Waals surface area contributed by atoms with Gasteiger partial charge in [0.1, 0.15) is 0 Å². The van der Waals surface area contributed by atoms with Crippen molar-refractivity contribution >= 4 is 51.9 Å². The van der Waals surface area contributed by atoms with Crippen molar-refractivity contribution in [2.75, 3.05) is 11.1 Å². The molecular weight excluding hydrogens is 399 g/mol. The summed E-state index contributed by atoms with van der Waals surface area (Å²) >= 11 is 3.43. The molecule has 0 saturated carbocycles. The first-order valence-electron chi connectivity index (χ1n) is 6.14. The summed E-state index contributed by atoms with van der Waals surface area (Å²) in [5, 5.41) is 2.87. The SMILES string of the molecule is NC(=O)CSc1ccccc1NC(=O)c1ccccc1I. The molecule has 0 aliphatic rings. The van der Waals surface area contributed by atoms with Gasteiger partial charge in [0.15, 0.2) is 0 Å². The van der Waals surface area contributed by atoms with Crippen molar-refractivity contribution in [2.24, 2.45) is 5.73 Å². The van der Waals surface area contributed by atoms with E-state index >= 15 is 0 Å². The van der Waals surface area contributed by atoms with Gasteiger partial charge in [0.2, 0.25) is 5.91 Å². The number of thioether (sulfide) groups is 1. The standard InChI is InChI=1S/C15H13IN2O2S/c16-11-6-2-1-5-10(11)15(20)18-12-7-3-4-8-13(12)21-9-14(17)19/h1-8H,9H2,(H2,17,19)(H,18,20). The van der Waals surface area contributed by atoms with Crippen LogP contribution >= 0.6 is 34.4 Å². The fourth-order valence-electron chi connectivity index (χ4n) is 1.68. The number of nitrogens with two attached hydrogens (primary N) is 1. The molecule has 2 aromatic rings. The van der Waals surface area contributed by atoms with E-state index in [-0.39, 0.29) is 11.7 Å². The van der Waals surface area contributed by atoms with E-state index in [1.165, 1.54) is 11.8 Å². The number of rotatable bonds is 5. The van der Waals surface area contributed by atoms with Crippen LogP contribution in [0.15, 0.2) is 53.4 Å². The molecule has 0 fully saturated rings. The number of amides is 2. The Bertz CT molecular complexity index is 676. The Hall–Kier alpha value is -1.54. The van der Waals surface area contributed by atoms with Crippen molar-refractivity contribution in [3.63, 3.8) is 0 Å². The van der Waals surface area contributed by atoms with Gasteiger partial charge < -0.3 is 11.1 Å². The molecule has 0 aliphatic heterocycles. The summed E-state index contributed by atoms with van der Waals surface area (Å²) in [4.78, 5) is 24.0. The molecule has 0 aliphatic carbocycles. The van der Waals surface area contributed by atoms with Gasteiger partial charge in [0.25, 0.3) is 5.91 Å². The fraction of sp³-hybridized carbons (Fsp3) is 0.0667. The predicted molar refractivity (Wildman–Crippen MR) is 93.5 cm³/mol. The largest absolute Gasteiger partial charge is 0.369 e. The molecule has 6 heteroatoms. The summed E-state index contributed by atoms with van der Waals surface area (Å²) in [6.07, 6.45) is 0. The smallest absolute Gasteiger partial charge is 0.256 e. The Morgan fingerprint density at radius 1 is 1.10 bits per heavy atom. The highest BCUT2D eigenvalue weighted by Gasteiger charge is 2.12. The number of benzene rings is 2. The number of halogens is 1. The number of hydrogen-bond donors (Lipinski definition) is 2. The Morgan fingerprint density at radius 3 is 2.48 bits per heavy atom. The first kappa shape index (κ1) is 15.8. The molecule has 3 N–H and O–H groups in total. The normalized spacial score (nSPS) is 10.1. The van der Waals surface area contributed by atoms with Gasteiger partial charge in [-0.15, -0.1) is 11.8 Å². The van der Waals surface area contributed by atoms with E-state index < -0.39 is 5.91 Å². The van der Waals surface area contributed by atoms with Crippen molar-refractivity contribution in [3.05, 3.63) is 57.7 Å². The highest BCUT2D eigenvalue weighted by Crippen LogP contribution is 2.27. The molecule has 2 amide bonds. The molecule has 0 spiro atoms. The number of carbonyl (C=O) groups excluding carboxylic acids is 2. The highest BCUT2D eigenvalue weighted by atomic mass is 127. The van der Waals surface area contributed by atoms with Gasteiger partial charge >= 0.3 is 0 Å². The van der Waals surface area contributed by atoms with Gasteiger partial charge in [-0.2, -0.15) is 0 Å². The lowest BCUT2D eigenvalue weighted by atomic mass is 10.2. The number of para-hydroxylation sites is 1. The quantitative estimate of drug-likeness (QED) is 0.586. The second-order valence-corrected chi connectivity index (χ2v) is 6.36. The Labute approximate surface area is 140 Å². The van der Waals surface area contributed by atoms with Crippen LogP contribution in [0.1, 0.15) is 10.4 Å². The Morgan fingerprint density at radius 2 is 1.76 bits per heavy atom. The summed E-state index contributed by atoms with van der Waals surface area (Å²) in [5.41, 5.74) is 6.45. The van der Waals surface area contributed by atoms with Gasteiger partial charge in [0, 0.05) is 8.47 Å². The van der Waals surface area contributed by atoms with Crippen molar-refractivity contribution in [3.8, 4) is 0 Å².